The van der Waals surface area contributed by atoms with E-state index in [0.717, 1.165) is 0 Å². The number of benzene rings is 3. The molecule has 1 unspecified atom stereocenters. The molecular formula is C39H38N5O13+. The highest BCUT2D eigenvalue weighted by atomic mass is 16.7. The van der Waals surface area contributed by atoms with Crippen LogP contribution in [0.15, 0.2) is 58.5 Å². The number of guanidine groups is 1. The van der Waals surface area contributed by atoms with Crippen LogP contribution in [0.25, 0.3) is 0 Å². The minimum Gasteiger partial charge on any atom is -0.486 e. The number of aldehydes is 1. The smallest absolute Gasteiger partial charge is 0.284 e. The molecule has 4 aliphatic heterocycles. The van der Waals surface area contributed by atoms with Gasteiger partial charge < -0.3 is 49.3 Å². The Kier molecular flexibility index (Phi) is 10.4. The average Bonchev–Trinajstić information content (AvgIpc) is 3.62. The number of carbonyl (C=O) groups is 4. The van der Waals surface area contributed by atoms with E-state index in [1.165, 1.54) is 24.3 Å². The number of quaternary nitrogens is 1. The summed E-state index contributed by atoms with van der Waals surface area (Å²) >= 11 is 0. The van der Waals surface area contributed by atoms with Crippen molar-refractivity contribution in [2.24, 2.45) is 9.98 Å². The maximum absolute atomic E-state index is 14.5. The van der Waals surface area contributed by atoms with Crippen LogP contribution < -0.4 is 19.7 Å². The summed E-state index contributed by atoms with van der Waals surface area (Å²) in [5.41, 5.74) is 1.49. The number of para-hydroxylation sites is 1. The molecule has 1 amide bonds. The molecule has 1 aliphatic carbocycles. The standard InChI is InChI=1S/C39H37N5O13/c40-39-42-36-28(37(53)43-39)41-16-44(36)25-4-2-1-3-20(25)19-8-10-54-15-26-31(50)32(51)33(52)38(56-26)57-34-23(19)12-24-27(35(34)55-14-18(47)7-9-45)30(49)22-11-17(13-46)5-6-21(22)29(24)48/h1-6,9,11-12,18-19,26,31-33,38,46-47,50-52H,7-8,10,13-16H2,(H2,40,43,53)/p+1/t18-,19-,26+,31+,32-,33+,38-/m1/s1. The predicted octanol–water partition coefficient (Wildman–Crippen LogP) is -1.59. The van der Waals surface area contributed by atoms with E-state index in [4.69, 9.17) is 24.4 Å². The van der Waals surface area contributed by atoms with Crippen LogP contribution >= 0.6 is 0 Å². The van der Waals surface area contributed by atoms with Gasteiger partial charge >= 0.3 is 0 Å². The van der Waals surface area contributed by atoms with Crippen molar-refractivity contribution < 1.29 is 68.6 Å². The number of fused-ring (bicyclic) bond motifs is 6. The van der Waals surface area contributed by atoms with Crippen LogP contribution in [0.3, 0.4) is 0 Å². The fourth-order valence-corrected chi connectivity index (χ4v) is 7.79. The zero-order chi connectivity index (χ0) is 40.1. The predicted molar refractivity (Wildman–Crippen MR) is 195 cm³/mol. The van der Waals surface area contributed by atoms with Gasteiger partial charge in [0.1, 0.15) is 43.0 Å². The highest BCUT2D eigenvalue weighted by molar-refractivity contribution is 6.68. The van der Waals surface area contributed by atoms with Gasteiger partial charge in [0.25, 0.3) is 11.7 Å². The van der Waals surface area contributed by atoms with Crippen LogP contribution in [0.4, 0.5) is 5.69 Å². The SMILES string of the molecule is N=C1N=C2C(=NC[NH+]2c2ccccc2[C@H]2CCOC[C@@H]3O[C@H](Oc4c2cc2c(c4OC[C@H](O)CC=O)C(=O)c4cc(CO)ccc4C2=O)[C@@H](O)[C@H](O)[C@H]3O)C(=O)N1. The fraction of sp³-hybridized carbons (Fsp3) is 0.359. The number of hydrogen-bond acceptors (Lipinski definition) is 15. The van der Waals surface area contributed by atoms with Crippen molar-refractivity contribution in [2.75, 3.05) is 26.5 Å². The number of nitrogens with zero attached hydrogens (tertiary/aromatic N) is 2. The van der Waals surface area contributed by atoms with Crippen molar-refractivity contribution in [2.45, 2.75) is 62.2 Å². The first-order valence-corrected chi connectivity index (χ1v) is 18.2. The number of hydrogen-bond donors (Lipinski definition) is 8. The van der Waals surface area contributed by atoms with E-state index in [0.29, 0.717) is 28.0 Å². The number of aliphatic hydroxyl groups is 5. The van der Waals surface area contributed by atoms with Crippen molar-refractivity contribution in [1.82, 2.24) is 5.32 Å². The zero-order valence-corrected chi connectivity index (χ0v) is 30.1. The second kappa shape index (κ2) is 15.4. The van der Waals surface area contributed by atoms with Crippen molar-refractivity contribution in [1.29, 1.82) is 5.41 Å². The van der Waals surface area contributed by atoms with Gasteiger partial charge in [-0.1, -0.05) is 24.3 Å². The summed E-state index contributed by atoms with van der Waals surface area (Å²) in [5, 5.41) is 63.9. The van der Waals surface area contributed by atoms with Gasteiger partial charge in [0.2, 0.25) is 18.0 Å². The maximum atomic E-state index is 14.5. The van der Waals surface area contributed by atoms with Gasteiger partial charge in [-0.15, -0.1) is 0 Å². The molecule has 3 aromatic carbocycles. The molecule has 296 valence electrons. The van der Waals surface area contributed by atoms with Crippen LogP contribution in [-0.4, -0.2) is 130 Å². The fourth-order valence-electron chi connectivity index (χ4n) is 7.79. The Balaban J connectivity index is 1.37. The summed E-state index contributed by atoms with van der Waals surface area (Å²) in [5.74, 6) is -3.32. The Hall–Kier alpha value is -5.57. The Labute approximate surface area is 323 Å². The van der Waals surface area contributed by atoms with Crippen molar-refractivity contribution in [3.05, 3.63) is 87.5 Å². The van der Waals surface area contributed by atoms with E-state index in [1.807, 2.05) is 0 Å². The second-order valence-electron chi connectivity index (χ2n) is 14.2. The van der Waals surface area contributed by atoms with Gasteiger partial charge in [-0.25, -0.2) is 9.89 Å². The van der Waals surface area contributed by atoms with E-state index in [1.54, 1.807) is 24.3 Å². The molecule has 57 heavy (non-hydrogen) atoms. The summed E-state index contributed by atoms with van der Waals surface area (Å²) in [6.07, 6.45) is -9.12. The lowest BCUT2D eigenvalue weighted by Gasteiger charge is -2.40. The lowest BCUT2D eigenvalue weighted by Crippen LogP contribution is -3.09. The lowest BCUT2D eigenvalue weighted by atomic mass is 9.78. The molecule has 8 rings (SSSR count). The number of ether oxygens (including phenoxy) is 4. The quantitative estimate of drug-likeness (QED) is 0.0939. The molecule has 8 atom stereocenters. The van der Waals surface area contributed by atoms with E-state index >= 15 is 0 Å². The average molecular weight is 785 g/mol. The summed E-state index contributed by atoms with van der Waals surface area (Å²) in [7, 11) is 0. The molecule has 4 heterocycles. The number of rotatable bonds is 8. The van der Waals surface area contributed by atoms with Crippen LogP contribution in [0.5, 0.6) is 11.5 Å². The molecule has 18 heteroatoms. The minimum absolute atomic E-state index is 0.00435. The third-order valence-electron chi connectivity index (χ3n) is 10.6. The third kappa shape index (κ3) is 6.74. The van der Waals surface area contributed by atoms with Crippen LogP contribution in [0.1, 0.15) is 67.3 Å². The third-order valence-corrected chi connectivity index (χ3v) is 10.6. The molecule has 1 saturated heterocycles. The van der Waals surface area contributed by atoms with Crippen molar-refractivity contribution in [3.8, 4) is 11.5 Å². The normalized spacial score (nSPS) is 27.3. The number of aliphatic imine (C=N–C) groups is 2. The first-order valence-electron chi connectivity index (χ1n) is 18.2. The van der Waals surface area contributed by atoms with Gasteiger partial charge in [-0.05, 0) is 36.2 Å². The summed E-state index contributed by atoms with van der Waals surface area (Å²) in [6, 6.07) is 12.9. The minimum atomic E-state index is -1.85. The first-order chi connectivity index (χ1) is 27.5. The molecule has 2 bridgehead atoms. The van der Waals surface area contributed by atoms with Gasteiger partial charge in [0.15, 0.2) is 29.7 Å². The number of carbonyl (C=O) groups excluding carboxylic acids is 4. The Bertz CT molecular complexity index is 2260. The number of nitrogens with one attached hydrogen (secondary N) is 3. The summed E-state index contributed by atoms with van der Waals surface area (Å²) < 4.78 is 24.6. The number of ketones is 2. The van der Waals surface area contributed by atoms with Crippen LogP contribution in [0, 0.1) is 5.41 Å². The van der Waals surface area contributed by atoms with Gasteiger partial charge in [0.05, 0.1) is 24.9 Å². The number of aliphatic hydroxyl groups excluding tert-OH is 5. The molecule has 0 saturated carbocycles. The summed E-state index contributed by atoms with van der Waals surface area (Å²) in [6.45, 7) is -1.15. The lowest BCUT2D eigenvalue weighted by molar-refractivity contribution is -0.723. The van der Waals surface area contributed by atoms with E-state index in [9.17, 15) is 44.7 Å². The molecule has 0 spiro atoms. The largest absolute Gasteiger partial charge is 0.486 e. The van der Waals surface area contributed by atoms with E-state index in [-0.39, 0.29) is 89.5 Å². The molecule has 3 aromatic rings. The Morgan fingerprint density at radius 3 is 2.60 bits per heavy atom. The highest BCUT2D eigenvalue weighted by Gasteiger charge is 2.48. The van der Waals surface area contributed by atoms with Crippen molar-refractivity contribution in [3.63, 3.8) is 0 Å². The second-order valence-corrected chi connectivity index (χ2v) is 14.2. The first kappa shape index (κ1) is 38.3. The highest BCUT2D eigenvalue weighted by Crippen LogP contribution is 2.49. The molecule has 8 N–H and O–H groups in total. The van der Waals surface area contributed by atoms with E-state index < -0.39 is 73.4 Å². The van der Waals surface area contributed by atoms with Gasteiger partial charge in [-0.2, -0.15) is 4.99 Å². The zero-order valence-electron chi connectivity index (χ0n) is 30.1. The maximum Gasteiger partial charge on any atom is 0.284 e. The molecule has 0 radical (unpaired) electrons. The Morgan fingerprint density at radius 1 is 1.00 bits per heavy atom. The number of amides is 1. The van der Waals surface area contributed by atoms with Crippen LogP contribution in [-0.2, 0) is 25.7 Å². The topological polar surface area (TPSA) is 271 Å². The Morgan fingerprint density at radius 2 is 1.81 bits per heavy atom. The van der Waals surface area contributed by atoms with Crippen molar-refractivity contribution >= 4 is 47.0 Å². The van der Waals surface area contributed by atoms with Gasteiger partial charge in [0, 0.05) is 46.8 Å². The molecule has 5 aliphatic rings. The monoisotopic (exact) mass is 784 g/mol. The summed E-state index contributed by atoms with van der Waals surface area (Å²) in [4.78, 5) is 62.3. The molecule has 1 fully saturated rings. The molecule has 18 nitrogen and oxygen atoms in total. The van der Waals surface area contributed by atoms with Gasteiger partial charge in [-0.3, -0.25) is 25.1 Å². The van der Waals surface area contributed by atoms with Crippen LogP contribution in [0.2, 0.25) is 0 Å². The molecular weight excluding hydrogens is 746 g/mol. The molecule has 0 aromatic heterocycles. The van der Waals surface area contributed by atoms with E-state index in [2.05, 4.69) is 15.3 Å². The number of amidine groups is 1.